The number of para-hydroxylation sites is 1. The molecule has 0 aliphatic rings. The maximum atomic E-state index is 12.9. The quantitative estimate of drug-likeness (QED) is 0.749. The lowest BCUT2D eigenvalue weighted by Crippen LogP contribution is -2.06. The molecule has 0 bridgehead atoms. The van der Waals surface area contributed by atoms with Gasteiger partial charge in [-0.25, -0.2) is 0 Å². The zero-order valence-electron chi connectivity index (χ0n) is 13.6. The van der Waals surface area contributed by atoms with Gasteiger partial charge < -0.3 is 10.1 Å². The number of halogens is 3. The molecule has 6 nitrogen and oxygen atoms in total. The molecule has 1 heterocycles. The van der Waals surface area contributed by atoms with Gasteiger partial charge in [0.05, 0.1) is 24.0 Å². The van der Waals surface area contributed by atoms with Crippen molar-refractivity contribution in [2.75, 3.05) is 12.4 Å². The summed E-state index contributed by atoms with van der Waals surface area (Å²) in [6, 6.07) is 12.4. The van der Waals surface area contributed by atoms with Crippen molar-refractivity contribution < 1.29 is 17.9 Å². The van der Waals surface area contributed by atoms with E-state index < -0.39 is 11.7 Å². The van der Waals surface area contributed by atoms with Crippen molar-refractivity contribution in [2.45, 2.75) is 6.18 Å². The Morgan fingerprint density at radius 2 is 1.88 bits per heavy atom. The molecule has 0 radical (unpaired) electrons. The topological polar surface area (TPSA) is 64.9 Å². The van der Waals surface area contributed by atoms with E-state index in [1.807, 2.05) is 30.3 Å². The number of methoxy groups -OCH3 is 1. The van der Waals surface area contributed by atoms with E-state index in [1.165, 1.54) is 24.1 Å². The SMILES string of the molecule is COc1ccc(C(F)(F)F)cc1NC=Cc1nnnn1-c1ccccc1. The molecular formula is C17H14F3N5O. The fraction of sp³-hybridized carbons (Fsp3) is 0.118. The standard InChI is InChI=1S/C17H14F3N5O/c1-26-15-8-7-12(17(18,19)20)11-14(15)21-10-9-16-22-23-24-25(16)13-5-3-2-4-6-13/h2-11,21H,1H3. The summed E-state index contributed by atoms with van der Waals surface area (Å²) in [5.41, 5.74) is 0.162. The van der Waals surface area contributed by atoms with Crippen LogP contribution in [0.4, 0.5) is 18.9 Å². The molecule has 26 heavy (non-hydrogen) atoms. The number of nitrogens with zero attached hydrogens (tertiary/aromatic N) is 4. The molecule has 0 atom stereocenters. The molecule has 0 saturated carbocycles. The van der Waals surface area contributed by atoms with Gasteiger partial charge in [0.1, 0.15) is 5.75 Å². The van der Waals surface area contributed by atoms with Gasteiger partial charge in [-0.1, -0.05) is 18.2 Å². The summed E-state index contributed by atoms with van der Waals surface area (Å²) in [6.45, 7) is 0. The van der Waals surface area contributed by atoms with Crippen LogP contribution in [0.5, 0.6) is 5.75 Å². The van der Waals surface area contributed by atoms with Crippen molar-refractivity contribution in [2.24, 2.45) is 0 Å². The molecular weight excluding hydrogens is 347 g/mol. The van der Waals surface area contributed by atoms with E-state index in [0.29, 0.717) is 5.82 Å². The van der Waals surface area contributed by atoms with E-state index in [0.717, 1.165) is 17.8 Å². The fourth-order valence-corrected chi connectivity index (χ4v) is 2.25. The van der Waals surface area contributed by atoms with Gasteiger partial charge in [-0.2, -0.15) is 17.9 Å². The first kappa shape index (κ1) is 17.5. The van der Waals surface area contributed by atoms with E-state index in [9.17, 15) is 13.2 Å². The summed E-state index contributed by atoms with van der Waals surface area (Å²) >= 11 is 0. The first-order valence-electron chi connectivity index (χ1n) is 7.51. The van der Waals surface area contributed by atoms with Crippen LogP contribution in [0.25, 0.3) is 11.8 Å². The molecule has 0 aliphatic heterocycles. The average Bonchev–Trinajstić information content (AvgIpc) is 3.10. The summed E-state index contributed by atoms with van der Waals surface area (Å²) < 4.78 is 45.2. The van der Waals surface area contributed by atoms with Gasteiger partial charge in [0.2, 0.25) is 0 Å². The number of tetrazole rings is 1. The number of hydrogen-bond donors (Lipinski definition) is 1. The normalized spacial score (nSPS) is 11.7. The molecule has 0 aliphatic carbocycles. The first-order chi connectivity index (χ1) is 12.5. The molecule has 1 N–H and O–H groups in total. The van der Waals surface area contributed by atoms with Crippen molar-refractivity contribution in [3.63, 3.8) is 0 Å². The average molecular weight is 361 g/mol. The van der Waals surface area contributed by atoms with Crippen LogP contribution >= 0.6 is 0 Å². The van der Waals surface area contributed by atoms with Gasteiger partial charge >= 0.3 is 6.18 Å². The van der Waals surface area contributed by atoms with E-state index in [1.54, 1.807) is 6.08 Å². The highest BCUT2D eigenvalue weighted by Crippen LogP contribution is 2.34. The minimum atomic E-state index is -4.44. The molecule has 3 aromatic rings. The van der Waals surface area contributed by atoms with Gasteiger partial charge in [0, 0.05) is 12.3 Å². The highest BCUT2D eigenvalue weighted by molar-refractivity contribution is 5.62. The number of hydrogen-bond acceptors (Lipinski definition) is 5. The lowest BCUT2D eigenvalue weighted by molar-refractivity contribution is -0.137. The van der Waals surface area contributed by atoms with Crippen LogP contribution < -0.4 is 10.1 Å². The summed E-state index contributed by atoms with van der Waals surface area (Å²) in [7, 11) is 1.38. The number of alkyl halides is 3. The Morgan fingerprint density at radius 1 is 1.12 bits per heavy atom. The second-order valence-electron chi connectivity index (χ2n) is 5.17. The Balaban J connectivity index is 1.83. The number of aromatic nitrogens is 4. The Bertz CT molecular complexity index is 906. The van der Waals surface area contributed by atoms with Crippen LogP contribution in [0, 0.1) is 0 Å². The Labute approximate surface area is 146 Å². The van der Waals surface area contributed by atoms with E-state index in [2.05, 4.69) is 20.8 Å². The van der Waals surface area contributed by atoms with Gasteiger partial charge in [0.15, 0.2) is 5.82 Å². The lowest BCUT2D eigenvalue weighted by Gasteiger charge is -2.12. The van der Waals surface area contributed by atoms with E-state index >= 15 is 0 Å². The summed E-state index contributed by atoms with van der Waals surface area (Å²) in [5, 5.41) is 14.2. The third-order valence-electron chi connectivity index (χ3n) is 3.49. The number of benzene rings is 2. The Hall–Kier alpha value is -3.36. The second-order valence-corrected chi connectivity index (χ2v) is 5.17. The molecule has 0 saturated heterocycles. The molecule has 3 rings (SSSR count). The summed E-state index contributed by atoms with van der Waals surface area (Å²) in [4.78, 5) is 0. The molecule has 0 fully saturated rings. The van der Waals surface area contributed by atoms with Crippen LogP contribution in [-0.2, 0) is 6.18 Å². The van der Waals surface area contributed by atoms with Crippen LogP contribution in [0.1, 0.15) is 11.4 Å². The third kappa shape index (κ3) is 3.82. The first-order valence-corrected chi connectivity index (χ1v) is 7.51. The van der Waals surface area contributed by atoms with Crippen molar-refractivity contribution >= 4 is 11.8 Å². The molecule has 0 unspecified atom stereocenters. The van der Waals surface area contributed by atoms with Crippen LogP contribution in [-0.4, -0.2) is 27.3 Å². The third-order valence-corrected chi connectivity index (χ3v) is 3.49. The summed E-state index contributed by atoms with van der Waals surface area (Å²) in [6.07, 6.45) is -1.44. The maximum Gasteiger partial charge on any atom is 0.416 e. The predicted octanol–water partition coefficient (Wildman–Crippen LogP) is 3.77. The van der Waals surface area contributed by atoms with Gasteiger partial charge in [-0.15, -0.1) is 5.10 Å². The van der Waals surface area contributed by atoms with E-state index in [4.69, 9.17) is 4.74 Å². The molecule has 134 valence electrons. The smallest absolute Gasteiger partial charge is 0.416 e. The zero-order valence-corrected chi connectivity index (χ0v) is 13.6. The van der Waals surface area contributed by atoms with Crippen molar-refractivity contribution in [3.05, 3.63) is 66.1 Å². The number of ether oxygens (including phenoxy) is 1. The zero-order chi connectivity index (χ0) is 18.6. The minimum absolute atomic E-state index is 0.178. The van der Waals surface area contributed by atoms with Crippen LogP contribution in [0.2, 0.25) is 0 Å². The highest BCUT2D eigenvalue weighted by atomic mass is 19.4. The summed E-state index contributed by atoms with van der Waals surface area (Å²) in [5.74, 6) is 0.694. The molecule has 2 aromatic carbocycles. The predicted molar refractivity (Wildman–Crippen MR) is 89.8 cm³/mol. The van der Waals surface area contributed by atoms with Gasteiger partial charge in [-0.05, 0) is 40.8 Å². The molecule has 0 spiro atoms. The van der Waals surface area contributed by atoms with E-state index in [-0.39, 0.29) is 11.4 Å². The number of rotatable bonds is 5. The van der Waals surface area contributed by atoms with Crippen LogP contribution in [0.3, 0.4) is 0 Å². The van der Waals surface area contributed by atoms with Gasteiger partial charge in [-0.3, -0.25) is 0 Å². The highest BCUT2D eigenvalue weighted by Gasteiger charge is 2.31. The maximum absolute atomic E-state index is 12.9. The number of nitrogens with one attached hydrogen (secondary N) is 1. The lowest BCUT2D eigenvalue weighted by atomic mass is 10.2. The Morgan fingerprint density at radius 3 is 2.58 bits per heavy atom. The Kier molecular flexibility index (Phi) is 4.87. The minimum Gasteiger partial charge on any atom is -0.495 e. The van der Waals surface area contributed by atoms with Crippen molar-refractivity contribution in [1.82, 2.24) is 20.2 Å². The van der Waals surface area contributed by atoms with Crippen LogP contribution in [0.15, 0.2) is 54.7 Å². The second kappa shape index (κ2) is 7.26. The number of anilines is 1. The molecule has 0 amide bonds. The largest absolute Gasteiger partial charge is 0.495 e. The molecule has 9 heteroatoms. The monoisotopic (exact) mass is 361 g/mol. The molecule has 1 aromatic heterocycles. The van der Waals surface area contributed by atoms with Crippen molar-refractivity contribution in [3.8, 4) is 11.4 Å². The van der Waals surface area contributed by atoms with Crippen molar-refractivity contribution in [1.29, 1.82) is 0 Å². The fourth-order valence-electron chi connectivity index (χ4n) is 2.25. The van der Waals surface area contributed by atoms with Gasteiger partial charge in [0.25, 0.3) is 0 Å².